The lowest BCUT2D eigenvalue weighted by atomic mass is 9.91. The third-order valence-electron chi connectivity index (χ3n) is 2.80. The maximum Gasteiger partial charge on any atom is 0.162 e. The lowest BCUT2D eigenvalue weighted by Crippen LogP contribution is -2.17. The highest BCUT2D eigenvalue weighted by Crippen LogP contribution is 2.18. The minimum Gasteiger partial charge on any atom is -0.362 e. The van der Waals surface area contributed by atoms with Gasteiger partial charge in [0.1, 0.15) is 0 Å². The van der Waals surface area contributed by atoms with Crippen LogP contribution < -0.4 is 5.32 Å². The highest BCUT2D eigenvalue weighted by molar-refractivity contribution is 5.94. The molecule has 0 atom stereocenters. The largest absolute Gasteiger partial charge is 0.362 e. The zero-order chi connectivity index (χ0) is 13.8. The Morgan fingerprint density at radius 2 is 1.72 bits per heavy atom. The molecule has 0 amide bonds. The molecule has 0 radical (unpaired) electrons. The molecule has 2 nitrogen and oxygen atoms in total. The maximum absolute atomic E-state index is 11.7. The van der Waals surface area contributed by atoms with Gasteiger partial charge in [-0.3, -0.25) is 4.79 Å². The van der Waals surface area contributed by atoms with E-state index in [4.69, 9.17) is 0 Å². The molecule has 0 saturated carbocycles. The van der Waals surface area contributed by atoms with Crippen molar-refractivity contribution in [2.24, 2.45) is 5.41 Å². The predicted molar refractivity (Wildman–Crippen MR) is 77.8 cm³/mol. The number of nitrogens with one attached hydrogen (secondary N) is 1. The van der Waals surface area contributed by atoms with Crippen molar-refractivity contribution < 1.29 is 4.79 Å². The first-order chi connectivity index (χ1) is 8.30. The first-order valence-electron chi connectivity index (χ1n) is 6.38. The number of hydrogen-bond acceptors (Lipinski definition) is 2. The molecule has 98 valence electrons. The number of benzene rings is 1. The van der Waals surface area contributed by atoms with E-state index < -0.39 is 0 Å². The van der Waals surface area contributed by atoms with Crippen molar-refractivity contribution in [2.75, 3.05) is 5.32 Å². The minimum absolute atomic E-state index is 0.119. The Morgan fingerprint density at radius 3 is 2.17 bits per heavy atom. The van der Waals surface area contributed by atoms with Crippen LogP contribution in [0.1, 0.15) is 46.1 Å². The van der Waals surface area contributed by atoms with Crippen LogP contribution in [0.2, 0.25) is 0 Å². The van der Waals surface area contributed by atoms with Crippen LogP contribution in [0.5, 0.6) is 0 Å². The van der Waals surface area contributed by atoms with Crippen molar-refractivity contribution in [2.45, 2.75) is 40.5 Å². The number of anilines is 1. The van der Waals surface area contributed by atoms with Crippen LogP contribution in [-0.4, -0.2) is 5.78 Å². The van der Waals surface area contributed by atoms with Crippen LogP contribution in [0.3, 0.4) is 0 Å². The molecule has 1 aromatic rings. The molecule has 1 aromatic carbocycles. The van der Waals surface area contributed by atoms with E-state index in [1.807, 2.05) is 32.9 Å². The van der Waals surface area contributed by atoms with Gasteiger partial charge in [-0.25, -0.2) is 0 Å². The molecular weight excluding hydrogens is 222 g/mol. The number of carbonyl (C=O) groups excluding carboxylic acids is 1. The molecule has 0 bridgehead atoms. The summed E-state index contributed by atoms with van der Waals surface area (Å²) < 4.78 is 0. The monoisotopic (exact) mass is 245 g/mol. The molecule has 1 N–H and O–H groups in total. The number of rotatable bonds is 4. The number of hydrogen-bond donors (Lipinski definition) is 1. The molecule has 18 heavy (non-hydrogen) atoms. The van der Waals surface area contributed by atoms with Gasteiger partial charge in [0.25, 0.3) is 0 Å². The van der Waals surface area contributed by atoms with Crippen LogP contribution >= 0.6 is 0 Å². The van der Waals surface area contributed by atoms with Crippen molar-refractivity contribution in [3.8, 4) is 0 Å². The number of ketones is 1. The van der Waals surface area contributed by atoms with Crippen molar-refractivity contribution in [1.82, 2.24) is 0 Å². The normalized spacial score (nSPS) is 12.1. The van der Waals surface area contributed by atoms with Gasteiger partial charge < -0.3 is 5.32 Å². The third-order valence-corrected chi connectivity index (χ3v) is 2.80. The quantitative estimate of drug-likeness (QED) is 0.799. The molecule has 2 heteroatoms. The number of allylic oxidation sites excluding steroid dienone is 1. The summed E-state index contributed by atoms with van der Waals surface area (Å²) >= 11 is 0. The fourth-order valence-corrected chi connectivity index (χ4v) is 1.43. The van der Waals surface area contributed by atoms with E-state index in [1.54, 1.807) is 12.3 Å². The highest BCUT2D eigenvalue weighted by atomic mass is 16.1. The Bertz CT molecular complexity index is 421. The zero-order valence-corrected chi connectivity index (χ0v) is 11.9. The summed E-state index contributed by atoms with van der Waals surface area (Å²) in [4.78, 5) is 11.7. The van der Waals surface area contributed by atoms with Crippen molar-refractivity contribution in [1.29, 1.82) is 0 Å². The standard InChI is InChI=1S/C16H23NO/c1-12(2)13-6-8-14(9-7-13)17-11-10-15(18)16(3,4)5/h6-12,17H,1-5H3/b11-10+. The van der Waals surface area contributed by atoms with Gasteiger partial charge in [0, 0.05) is 17.3 Å². The van der Waals surface area contributed by atoms with Gasteiger partial charge >= 0.3 is 0 Å². The fraction of sp³-hybridized carbons (Fsp3) is 0.438. The maximum atomic E-state index is 11.7. The minimum atomic E-state index is -0.320. The molecule has 0 spiro atoms. The van der Waals surface area contributed by atoms with Crippen LogP contribution in [0.15, 0.2) is 36.5 Å². The molecular formula is C16H23NO. The smallest absolute Gasteiger partial charge is 0.162 e. The van der Waals surface area contributed by atoms with Gasteiger partial charge in [-0.05, 0) is 29.7 Å². The molecule has 0 aromatic heterocycles. The summed E-state index contributed by atoms with van der Waals surface area (Å²) in [5.41, 5.74) is 1.99. The highest BCUT2D eigenvalue weighted by Gasteiger charge is 2.17. The summed E-state index contributed by atoms with van der Waals surface area (Å²) in [6, 6.07) is 8.27. The van der Waals surface area contributed by atoms with E-state index in [0.717, 1.165) is 5.69 Å². The Labute approximate surface area is 110 Å². The van der Waals surface area contributed by atoms with Gasteiger partial charge in [-0.1, -0.05) is 46.8 Å². The Balaban J connectivity index is 2.59. The Morgan fingerprint density at radius 1 is 1.17 bits per heavy atom. The molecule has 0 aliphatic rings. The lowest BCUT2D eigenvalue weighted by Gasteiger charge is -2.13. The van der Waals surface area contributed by atoms with E-state index in [0.29, 0.717) is 5.92 Å². The third kappa shape index (κ3) is 4.36. The summed E-state index contributed by atoms with van der Waals surface area (Å²) in [6.07, 6.45) is 3.30. The topological polar surface area (TPSA) is 29.1 Å². The van der Waals surface area contributed by atoms with E-state index in [-0.39, 0.29) is 11.2 Å². The molecule has 0 aliphatic carbocycles. The molecule has 0 saturated heterocycles. The second kappa shape index (κ2) is 5.85. The summed E-state index contributed by atoms with van der Waals surface area (Å²) in [6.45, 7) is 10.1. The Kier molecular flexibility index (Phi) is 4.71. The van der Waals surface area contributed by atoms with Gasteiger partial charge in [0.2, 0.25) is 0 Å². The average molecular weight is 245 g/mol. The van der Waals surface area contributed by atoms with Crippen LogP contribution in [0.25, 0.3) is 0 Å². The molecule has 0 aliphatic heterocycles. The van der Waals surface area contributed by atoms with Crippen LogP contribution in [0, 0.1) is 5.41 Å². The van der Waals surface area contributed by atoms with Gasteiger partial charge in [0.15, 0.2) is 5.78 Å². The summed E-state index contributed by atoms with van der Waals surface area (Å²) in [5, 5.41) is 3.11. The molecule has 0 unspecified atom stereocenters. The van der Waals surface area contributed by atoms with E-state index >= 15 is 0 Å². The van der Waals surface area contributed by atoms with E-state index in [1.165, 1.54) is 5.56 Å². The van der Waals surface area contributed by atoms with Crippen molar-refractivity contribution in [3.63, 3.8) is 0 Å². The lowest BCUT2D eigenvalue weighted by molar-refractivity contribution is -0.121. The van der Waals surface area contributed by atoms with Crippen molar-refractivity contribution in [3.05, 3.63) is 42.1 Å². The van der Waals surface area contributed by atoms with Gasteiger partial charge in [-0.2, -0.15) is 0 Å². The zero-order valence-electron chi connectivity index (χ0n) is 11.9. The van der Waals surface area contributed by atoms with E-state index in [2.05, 4.69) is 31.3 Å². The van der Waals surface area contributed by atoms with Crippen molar-refractivity contribution >= 4 is 11.5 Å². The van der Waals surface area contributed by atoms with Gasteiger partial charge in [-0.15, -0.1) is 0 Å². The van der Waals surface area contributed by atoms with Crippen LogP contribution in [0.4, 0.5) is 5.69 Å². The molecule has 0 heterocycles. The predicted octanol–water partition coefficient (Wildman–Crippen LogP) is 4.35. The first-order valence-corrected chi connectivity index (χ1v) is 6.38. The fourth-order valence-electron chi connectivity index (χ4n) is 1.43. The number of carbonyl (C=O) groups is 1. The summed E-state index contributed by atoms with van der Waals surface area (Å²) in [7, 11) is 0. The SMILES string of the molecule is CC(C)c1ccc(N/C=C/C(=O)C(C)(C)C)cc1. The second-order valence-corrected chi connectivity index (χ2v) is 5.87. The first kappa shape index (κ1) is 14.5. The second-order valence-electron chi connectivity index (χ2n) is 5.87. The molecule has 1 rings (SSSR count). The van der Waals surface area contributed by atoms with E-state index in [9.17, 15) is 4.79 Å². The Hall–Kier alpha value is -1.57. The summed E-state index contributed by atoms with van der Waals surface area (Å²) in [5.74, 6) is 0.658. The average Bonchev–Trinajstić information content (AvgIpc) is 2.28. The van der Waals surface area contributed by atoms with Gasteiger partial charge in [0.05, 0.1) is 0 Å². The molecule has 0 fully saturated rings. The van der Waals surface area contributed by atoms with Crippen LogP contribution in [-0.2, 0) is 4.79 Å².